The van der Waals surface area contributed by atoms with Crippen molar-refractivity contribution in [2.24, 2.45) is 0 Å². The number of nitrogens with one attached hydrogen (secondary N) is 1. The number of aromatic amines is 1. The van der Waals surface area contributed by atoms with Crippen LogP contribution in [-0.4, -0.2) is 15.1 Å². The van der Waals surface area contributed by atoms with Crippen LogP contribution in [0.1, 0.15) is 0 Å². The Morgan fingerprint density at radius 1 is 1.45 bits per heavy atom. The standard InChI is InChI=1S/C7H6N2O.BrH/c10-7-4-9-6-3-8-2-1-5(6)7;/h1-4,9-10H;1H. The zero-order chi connectivity index (χ0) is 6.97. The van der Waals surface area contributed by atoms with Gasteiger partial charge in [-0.2, -0.15) is 0 Å². The Morgan fingerprint density at radius 3 is 3.00 bits per heavy atom. The van der Waals surface area contributed by atoms with Crippen LogP contribution in [0.25, 0.3) is 10.9 Å². The molecule has 0 spiro atoms. The van der Waals surface area contributed by atoms with E-state index in [1.807, 2.05) is 0 Å². The molecule has 2 N–H and O–H groups in total. The molecule has 0 aliphatic carbocycles. The van der Waals surface area contributed by atoms with Crippen LogP contribution in [0.15, 0.2) is 24.7 Å². The van der Waals surface area contributed by atoms with Crippen molar-refractivity contribution in [2.45, 2.75) is 0 Å². The van der Waals surface area contributed by atoms with Crippen molar-refractivity contribution in [3.63, 3.8) is 0 Å². The monoisotopic (exact) mass is 214 g/mol. The lowest BCUT2D eigenvalue weighted by atomic mass is 10.3. The van der Waals surface area contributed by atoms with E-state index in [1.165, 1.54) is 0 Å². The maximum absolute atomic E-state index is 9.15. The maximum atomic E-state index is 9.15. The van der Waals surface area contributed by atoms with Gasteiger partial charge in [-0.3, -0.25) is 4.98 Å². The van der Waals surface area contributed by atoms with E-state index < -0.39 is 0 Å². The van der Waals surface area contributed by atoms with Gasteiger partial charge in [-0.05, 0) is 6.07 Å². The van der Waals surface area contributed by atoms with Crippen LogP contribution >= 0.6 is 17.0 Å². The number of fused-ring (bicyclic) bond motifs is 1. The fraction of sp³-hybridized carbons (Fsp3) is 0. The number of pyridine rings is 1. The first-order valence-corrected chi connectivity index (χ1v) is 2.98. The number of nitrogens with zero attached hydrogens (tertiary/aromatic N) is 1. The van der Waals surface area contributed by atoms with E-state index in [9.17, 15) is 0 Å². The summed E-state index contributed by atoms with van der Waals surface area (Å²) >= 11 is 0. The van der Waals surface area contributed by atoms with Crippen molar-refractivity contribution in [3.8, 4) is 5.75 Å². The van der Waals surface area contributed by atoms with E-state index in [2.05, 4.69) is 9.97 Å². The quantitative estimate of drug-likeness (QED) is 0.704. The number of halogens is 1. The Hall–Kier alpha value is -1.03. The van der Waals surface area contributed by atoms with Gasteiger partial charge in [0.1, 0.15) is 5.75 Å². The first kappa shape index (κ1) is 8.07. The molecule has 4 heteroatoms. The second-order valence-corrected chi connectivity index (χ2v) is 2.10. The average molecular weight is 215 g/mol. The summed E-state index contributed by atoms with van der Waals surface area (Å²) in [7, 11) is 0. The Morgan fingerprint density at radius 2 is 2.27 bits per heavy atom. The van der Waals surface area contributed by atoms with Crippen molar-refractivity contribution in [3.05, 3.63) is 24.7 Å². The minimum atomic E-state index is 0. The molecule has 2 heterocycles. The van der Waals surface area contributed by atoms with Gasteiger partial charge in [-0.25, -0.2) is 0 Å². The van der Waals surface area contributed by atoms with Crippen LogP contribution in [0.4, 0.5) is 0 Å². The van der Waals surface area contributed by atoms with Gasteiger partial charge < -0.3 is 10.1 Å². The van der Waals surface area contributed by atoms with E-state index in [4.69, 9.17) is 5.11 Å². The first-order valence-electron chi connectivity index (χ1n) is 2.98. The molecular formula is C7H7BrN2O. The first-order chi connectivity index (χ1) is 4.88. The third-order valence-corrected chi connectivity index (χ3v) is 1.46. The Bertz CT molecular complexity index is 358. The van der Waals surface area contributed by atoms with Gasteiger partial charge in [0.2, 0.25) is 0 Å². The summed E-state index contributed by atoms with van der Waals surface area (Å²) in [6.45, 7) is 0. The molecule has 2 rings (SSSR count). The van der Waals surface area contributed by atoms with Crippen LogP contribution in [0, 0.1) is 0 Å². The molecular weight excluding hydrogens is 208 g/mol. The predicted molar refractivity (Wildman–Crippen MR) is 48.1 cm³/mol. The molecule has 0 aliphatic rings. The smallest absolute Gasteiger partial charge is 0.140 e. The minimum absolute atomic E-state index is 0. The van der Waals surface area contributed by atoms with Gasteiger partial charge in [0.15, 0.2) is 0 Å². The summed E-state index contributed by atoms with van der Waals surface area (Å²) in [6, 6.07) is 1.77. The lowest BCUT2D eigenvalue weighted by molar-refractivity contribution is 0.481. The SMILES string of the molecule is Br.Oc1c[nH]c2cnccc12. The molecule has 0 amide bonds. The van der Waals surface area contributed by atoms with Crippen LogP contribution in [0.5, 0.6) is 5.75 Å². The Labute approximate surface area is 73.8 Å². The molecule has 2 aromatic heterocycles. The Kier molecular flexibility index (Phi) is 2.14. The third-order valence-electron chi connectivity index (χ3n) is 1.46. The number of hydrogen-bond acceptors (Lipinski definition) is 2. The fourth-order valence-corrected chi connectivity index (χ4v) is 0.957. The summed E-state index contributed by atoms with van der Waals surface area (Å²) < 4.78 is 0. The molecule has 0 radical (unpaired) electrons. The lowest BCUT2D eigenvalue weighted by Crippen LogP contribution is -1.68. The highest BCUT2D eigenvalue weighted by molar-refractivity contribution is 8.93. The molecule has 0 saturated carbocycles. The molecule has 58 valence electrons. The average Bonchev–Trinajstić information content (AvgIpc) is 2.34. The zero-order valence-electron chi connectivity index (χ0n) is 5.61. The lowest BCUT2D eigenvalue weighted by Gasteiger charge is -1.85. The van der Waals surface area contributed by atoms with Crippen LogP contribution in [0.2, 0.25) is 0 Å². The number of aromatic hydroxyl groups is 1. The van der Waals surface area contributed by atoms with Crippen molar-refractivity contribution < 1.29 is 5.11 Å². The largest absolute Gasteiger partial charge is 0.506 e. The van der Waals surface area contributed by atoms with Gasteiger partial charge in [0.05, 0.1) is 11.7 Å². The zero-order valence-corrected chi connectivity index (χ0v) is 7.33. The molecule has 11 heavy (non-hydrogen) atoms. The van der Waals surface area contributed by atoms with Crippen molar-refractivity contribution in [1.29, 1.82) is 0 Å². The molecule has 2 aromatic rings. The molecule has 3 nitrogen and oxygen atoms in total. The summed E-state index contributed by atoms with van der Waals surface area (Å²) in [5.74, 6) is 0.275. The van der Waals surface area contributed by atoms with Crippen LogP contribution in [-0.2, 0) is 0 Å². The molecule has 0 saturated heterocycles. The normalized spacial score (nSPS) is 9.45. The van der Waals surface area contributed by atoms with E-state index in [0.29, 0.717) is 0 Å². The highest BCUT2D eigenvalue weighted by Crippen LogP contribution is 2.21. The van der Waals surface area contributed by atoms with Crippen molar-refractivity contribution >= 4 is 27.9 Å². The van der Waals surface area contributed by atoms with Gasteiger partial charge in [0, 0.05) is 17.8 Å². The van der Waals surface area contributed by atoms with Gasteiger partial charge >= 0.3 is 0 Å². The van der Waals surface area contributed by atoms with Crippen LogP contribution in [0.3, 0.4) is 0 Å². The second kappa shape index (κ2) is 2.92. The van der Waals surface area contributed by atoms with E-state index in [0.717, 1.165) is 10.9 Å². The van der Waals surface area contributed by atoms with Crippen molar-refractivity contribution in [1.82, 2.24) is 9.97 Å². The summed E-state index contributed by atoms with van der Waals surface area (Å²) in [4.78, 5) is 6.76. The molecule has 0 aliphatic heterocycles. The fourth-order valence-electron chi connectivity index (χ4n) is 0.957. The number of hydrogen-bond donors (Lipinski definition) is 2. The molecule has 0 fully saturated rings. The number of rotatable bonds is 0. The predicted octanol–water partition coefficient (Wildman–Crippen LogP) is 1.85. The van der Waals surface area contributed by atoms with Crippen molar-refractivity contribution in [2.75, 3.05) is 0 Å². The van der Waals surface area contributed by atoms with Crippen LogP contribution < -0.4 is 0 Å². The van der Waals surface area contributed by atoms with Gasteiger partial charge in [-0.15, -0.1) is 17.0 Å². The Balaban J connectivity index is 0.000000605. The van der Waals surface area contributed by atoms with E-state index in [1.54, 1.807) is 24.7 Å². The van der Waals surface area contributed by atoms with E-state index in [-0.39, 0.29) is 22.7 Å². The number of H-pyrrole nitrogens is 1. The van der Waals surface area contributed by atoms with Gasteiger partial charge in [0.25, 0.3) is 0 Å². The second-order valence-electron chi connectivity index (χ2n) is 2.10. The summed E-state index contributed by atoms with van der Waals surface area (Å²) in [5, 5.41) is 9.97. The molecule has 0 unspecified atom stereocenters. The minimum Gasteiger partial charge on any atom is -0.506 e. The topological polar surface area (TPSA) is 48.9 Å². The molecule has 0 atom stereocenters. The van der Waals surface area contributed by atoms with Gasteiger partial charge in [-0.1, -0.05) is 0 Å². The highest BCUT2D eigenvalue weighted by atomic mass is 79.9. The third kappa shape index (κ3) is 1.21. The van der Waals surface area contributed by atoms with E-state index >= 15 is 0 Å². The highest BCUT2D eigenvalue weighted by Gasteiger charge is 1.97. The summed E-state index contributed by atoms with van der Waals surface area (Å²) in [6.07, 6.45) is 4.87. The molecule has 0 aromatic carbocycles. The maximum Gasteiger partial charge on any atom is 0.140 e. The number of aromatic nitrogens is 2. The molecule has 0 bridgehead atoms. The summed E-state index contributed by atoms with van der Waals surface area (Å²) in [5.41, 5.74) is 0.861.